The lowest BCUT2D eigenvalue weighted by Gasteiger charge is -2.08. The van der Waals surface area contributed by atoms with E-state index in [0.717, 1.165) is 17.4 Å². The highest BCUT2D eigenvalue weighted by Gasteiger charge is 2.23. The number of rotatable bonds is 4. The van der Waals surface area contributed by atoms with Crippen LogP contribution in [-0.4, -0.2) is 18.3 Å². The number of hydrogen-bond acceptors (Lipinski definition) is 6. The SMILES string of the molecule is Cc1nc(Cl)sc1S(=O)(=O)Nc1cc([N+](=O)[O-])ccc1Cl. The Labute approximate surface area is 133 Å². The molecule has 11 heteroatoms. The summed E-state index contributed by atoms with van der Waals surface area (Å²) in [4.78, 5) is 13.9. The average molecular weight is 368 g/mol. The molecule has 0 saturated carbocycles. The molecular formula is C10H7Cl2N3O4S2. The summed E-state index contributed by atoms with van der Waals surface area (Å²) in [6.07, 6.45) is 0. The van der Waals surface area contributed by atoms with E-state index in [4.69, 9.17) is 23.2 Å². The Hall–Kier alpha value is -1.42. The number of anilines is 1. The lowest BCUT2D eigenvalue weighted by atomic mass is 10.3. The van der Waals surface area contributed by atoms with Crippen LogP contribution < -0.4 is 4.72 Å². The zero-order chi connectivity index (χ0) is 15.8. The second-order valence-corrected chi connectivity index (χ2v) is 7.73. The maximum absolute atomic E-state index is 12.2. The first-order valence-electron chi connectivity index (χ1n) is 5.30. The van der Waals surface area contributed by atoms with Crippen LogP contribution >= 0.6 is 34.5 Å². The van der Waals surface area contributed by atoms with E-state index < -0.39 is 14.9 Å². The fourth-order valence-electron chi connectivity index (χ4n) is 1.50. The Morgan fingerprint density at radius 3 is 2.57 bits per heavy atom. The molecule has 0 spiro atoms. The van der Waals surface area contributed by atoms with Gasteiger partial charge < -0.3 is 0 Å². The van der Waals surface area contributed by atoms with Gasteiger partial charge in [-0.1, -0.05) is 34.5 Å². The fraction of sp³-hybridized carbons (Fsp3) is 0.100. The number of nitro benzene ring substituents is 1. The molecule has 0 aliphatic carbocycles. The molecule has 0 aliphatic heterocycles. The van der Waals surface area contributed by atoms with Crippen molar-refractivity contribution in [2.75, 3.05) is 4.72 Å². The van der Waals surface area contributed by atoms with E-state index in [1.54, 1.807) is 0 Å². The van der Waals surface area contributed by atoms with Crippen LogP contribution in [0.3, 0.4) is 0 Å². The Kier molecular flexibility index (Phi) is 4.38. The molecule has 0 aliphatic rings. The molecule has 0 radical (unpaired) electrons. The molecule has 0 bridgehead atoms. The number of halogens is 2. The topological polar surface area (TPSA) is 102 Å². The van der Waals surface area contributed by atoms with E-state index >= 15 is 0 Å². The standard InChI is InChI=1S/C10H7Cl2N3O4S2/c1-5-9(20-10(12)13-5)21(18,19)14-8-4-6(15(16)17)2-3-7(8)11/h2-4,14H,1H3. The molecular weight excluding hydrogens is 361 g/mol. The number of nitrogens with zero attached hydrogens (tertiary/aromatic N) is 2. The highest BCUT2D eigenvalue weighted by Crippen LogP contribution is 2.32. The lowest BCUT2D eigenvalue weighted by Crippen LogP contribution is -2.13. The van der Waals surface area contributed by atoms with Gasteiger partial charge in [0.2, 0.25) is 0 Å². The van der Waals surface area contributed by atoms with Crippen molar-refractivity contribution in [3.63, 3.8) is 0 Å². The number of nitro groups is 1. The normalized spacial score (nSPS) is 11.4. The predicted octanol–water partition coefficient (Wildman–Crippen LogP) is 3.47. The van der Waals surface area contributed by atoms with Crippen molar-refractivity contribution in [1.82, 2.24) is 4.98 Å². The first-order valence-corrected chi connectivity index (χ1v) is 8.36. The van der Waals surface area contributed by atoms with Crippen LogP contribution in [0.2, 0.25) is 9.49 Å². The van der Waals surface area contributed by atoms with Crippen molar-refractivity contribution in [2.45, 2.75) is 11.1 Å². The van der Waals surface area contributed by atoms with Crippen molar-refractivity contribution >= 4 is 55.9 Å². The third kappa shape index (κ3) is 3.43. The van der Waals surface area contributed by atoms with Crippen molar-refractivity contribution in [3.8, 4) is 0 Å². The fourth-order valence-corrected chi connectivity index (χ4v) is 4.53. The molecule has 0 amide bonds. The molecule has 2 aromatic rings. The summed E-state index contributed by atoms with van der Waals surface area (Å²) in [7, 11) is -3.97. The molecule has 0 saturated heterocycles. The Balaban J connectivity index is 2.43. The van der Waals surface area contributed by atoms with Crippen LogP contribution in [0.25, 0.3) is 0 Å². The third-order valence-corrected chi connectivity index (χ3v) is 5.94. The summed E-state index contributed by atoms with van der Waals surface area (Å²) >= 11 is 12.3. The van der Waals surface area contributed by atoms with Crippen LogP contribution in [0.4, 0.5) is 11.4 Å². The van der Waals surface area contributed by atoms with Gasteiger partial charge in [0.15, 0.2) is 8.68 Å². The Morgan fingerprint density at radius 1 is 1.38 bits per heavy atom. The van der Waals surface area contributed by atoms with Crippen LogP contribution in [-0.2, 0) is 10.0 Å². The highest BCUT2D eigenvalue weighted by molar-refractivity contribution is 7.94. The van der Waals surface area contributed by atoms with Gasteiger partial charge >= 0.3 is 0 Å². The van der Waals surface area contributed by atoms with Gasteiger partial charge in [0.05, 0.1) is 21.3 Å². The van der Waals surface area contributed by atoms with Gasteiger partial charge in [-0.15, -0.1) is 0 Å². The minimum atomic E-state index is -3.97. The van der Waals surface area contributed by atoms with Gasteiger partial charge in [0.1, 0.15) is 0 Å². The van der Waals surface area contributed by atoms with Crippen molar-refractivity contribution in [1.29, 1.82) is 0 Å². The summed E-state index contributed by atoms with van der Waals surface area (Å²) in [6.45, 7) is 1.49. The van der Waals surface area contributed by atoms with Crippen LogP contribution in [0.5, 0.6) is 0 Å². The van der Waals surface area contributed by atoms with E-state index in [0.29, 0.717) is 0 Å². The second-order valence-electron chi connectivity index (χ2n) is 3.87. The minimum Gasteiger partial charge on any atom is -0.277 e. The minimum absolute atomic E-state index is 0.0393. The van der Waals surface area contributed by atoms with Gasteiger partial charge in [-0.3, -0.25) is 14.8 Å². The lowest BCUT2D eigenvalue weighted by molar-refractivity contribution is -0.384. The summed E-state index contributed by atoms with van der Waals surface area (Å²) in [6, 6.07) is 3.46. The number of sulfonamides is 1. The molecule has 1 aromatic carbocycles. The molecule has 21 heavy (non-hydrogen) atoms. The summed E-state index contributed by atoms with van der Waals surface area (Å²) in [5.74, 6) is 0. The van der Waals surface area contributed by atoms with Gasteiger partial charge in [0, 0.05) is 12.1 Å². The highest BCUT2D eigenvalue weighted by atomic mass is 35.5. The van der Waals surface area contributed by atoms with E-state index in [1.165, 1.54) is 19.1 Å². The van der Waals surface area contributed by atoms with Crippen LogP contribution in [0, 0.1) is 17.0 Å². The number of benzene rings is 1. The van der Waals surface area contributed by atoms with Gasteiger partial charge in [-0.25, -0.2) is 13.4 Å². The average Bonchev–Trinajstić information content (AvgIpc) is 2.71. The smallest absolute Gasteiger partial charge is 0.273 e. The van der Waals surface area contributed by atoms with E-state index in [-0.39, 0.29) is 30.8 Å². The zero-order valence-corrected chi connectivity index (χ0v) is 13.5. The van der Waals surface area contributed by atoms with Crippen molar-refractivity contribution < 1.29 is 13.3 Å². The van der Waals surface area contributed by atoms with Crippen molar-refractivity contribution in [3.05, 3.63) is 43.5 Å². The molecule has 112 valence electrons. The number of aryl methyl sites for hydroxylation is 1. The number of aromatic nitrogens is 1. The summed E-state index contributed by atoms with van der Waals surface area (Å²) in [5, 5.41) is 10.8. The Morgan fingerprint density at radius 2 is 2.05 bits per heavy atom. The summed E-state index contributed by atoms with van der Waals surface area (Å²) in [5.41, 5.74) is -0.134. The first-order chi connectivity index (χ1) is 9.70. The third-order valence-electron chi connectivity index (χ3n) is 2.38. The molecule has 0 atom stereocenters. The van der Waals surface area contributed by atoms with Crippen molar-refractivity contribution in [2.24, 2.45) is 0 Å². The van der Waals surface area contributed by atoms with Gasteiger partial charge in [0.25, 0.3) is 15.7 Å². The maximum Gasteiger partial charge on any atom is 0.273 e. The second kappa shape index (κ2) is 5.76. The molecule has 0 unspecified atom stereocenters. The molecule has 0 fully saturated rings. The number of thiazole rings is 1. The monoisotopic (exact) mass is 367 g/mol. The molecule has 2 rings (SSSR count). The molecule has 1 aromatic heterocycles. The number of non-ortho nitro benzene ring substituents is 1. The van der Waals surface area contributed by atoms with E-state index in [2.05, 4.69) is 9.71 Å². The van der Waals surface area contributed by atoms with E-state index in [9.17, 15) is 18.5 Å². The van der Waals surface area contributed by atoms with E-state index in [1.807, 2.05) is 0 Å². The predicted molar refractivity (Wildman–Crippen MR) is 80.8 cm³/mol. The number of nitrogens with one attached hydrogen (secondary N) is 1. The number of hydrogen-bond donors (Lipinski definition) is 1. The van der Waals surface area contributed by atoms with Gasteiger partial charge in [-0.05, 0) is 13.0 Å². The summed E-state index contributed by atoms with van der Waals surface area (Å²) < 4.78 is 26.7. The Bertz CT molecular complexity index is 820. The molecule has 1 heterocycles. The first kappa shape index (κ1) is 16.0. The maximum atomic E-state index is 12.2. The van der Waals surface area contributed by atoms with Gasteiger partial charge in [-0.2, -0.15) is 0 Å². The van der Waals surface area contributed by atoms with Crippen LogP contribution in [0.1, 0.15) is 5.69 Å². The van der Waals surface area contributed by atoms with Crippen LogP contribution in [0.15, 0.2) is 22.4 Å². The molecule has 7 nitrogen and oxygen atoms in total. The molecule has 1 N–H and O–H groups in total. The zero-order valence-electron chi connectivity index (χ0n) is 10.3. The largest absolute Gasteiger partial charge is 0.277 e. The quantitative estimate of drug-likeness (QED) is 0.658.